The molecular formula is C13H17N3O3. The molecule has 2 rings (SSSR count). The Morgan fingerprint density at radius 1 is 1.53 bits per heavy atom. The van der Waals surface area contributed by atoms with Crippen LogP contribution in [0.2, 0.25) is 0 Å². The molecule has 1 heterocycles. The van der Waals surface area contributed by atoms with Gasteiger partial charge in [-0.05, 0) is 24.1 Å². The first-order valence-electron chi connectivity index (χ1n) is 6.10. The molecule has 0 aromatic heterocycles. The van der Waals surface area contributed by atoms with E-state index in [1.54, 1.807) is 17.0 Å². The number of carbonyl (C=O) groups is 1. The SMILES string of the molecule is CCCN1C(=O)N=C(N)C1c1ccc(O)c(OC)c1. The van der Waals surface area contributed by atoms with Crippen molar-refractivity contribution in [1.29, 1.82) is 0 Å². The van der Waals surface area contributed by atoms with Gasteiger partial charge in [-0.2, -0.15) is 4.99 Å². The van der Waals surface area contributed by atoms with Crippen molar-refractivity contribution in [3.05, 3.63) is 23.8 Å². The van der Waals surface area contributed by atoms with Gasteiger partial charge in [0.2, 0.25) is 0 Å². The van der Waals surface area contributed by atoms with E-state index < -0.39 is 0 Å². The minimum Gasteiger partial charge on any atom is -0.504 e. The molecule has 1 aliphatic rings. The van der Waals surface area contributed by atoms with Crippen LogP contribution in [0.4, 0.5) is 4.79 Å². The standard InChI is InChI=1S/C13H17N3O3/c1-3-6-16-11(12(14)15-13(16)18)8-4-5-9(17)10(7-8)19-2/h4-5,7,11,17H,3,6H2,1-2H3,(H2,14,15,18). The van der Waals surface area contributed by atoms with Crippen molar-refractivity contribution < 1.29 is 14.6 Å². The average Bonchev–Trinajstić information content (AvgIpc) is 2.66. The lowest BCUT2D eigenvalue weighted by atomic mass is 10.0. The van der Waals surface area contributed by atoms with Crippen molar-refractivity contribution in [3.63, 3.8) is 0 Å². The predicted molar refractivity (Wildman–Crippen MR) is 71.4 cm³/mol. The average molecular weight is 263 g/mol. The van der Waals surface area contributed by atoms with Crippen molar-refractivity contribution in [3.8, 4) is 11.5 Å². The largest absolute Gasteiger partial charge is 0.504 e. The first kappa shape index (κ1) is 13.2. The second-order valence-electron chi connectivity index (χ2n) is 4.35. The normalized spacial score (nSPS) is 18.6. The number of phenolic OH excluding ortho intramolecular Hbond substituents is 1. The van der Waals surface area contributed by atoms with E-state index in [1.807, 2.05) is 6.92 Å². The summed E-state index contributed by atoms with van der Waals surface area (Å²) in [7, 11) is 1.47. The lowest BCUT2D eigenvalue weighted by Crippen LogP contribution is -2.33. The van der Waals surface area contributed by atoms with Gasteiger partial charge < -0.3 is 20.5 Å². The number of hydrogen-bond acceptors (Lipinski definition) is 4. The molecule has 1 aliphatic heterocycles. The monoisotopic (exact) mass is 263 g/mol. The Bertz CT molecular complexity index is 528. The number of methoxy groups -OCH3 is 1. The Labute approximate surface area is 111 Å². The number of nitrogens with two attached hydrogens (primary N) is 1. The molecule has 2 amide bonds. The highest BCUT2D eigenvalue weighted by Gasteiger charge is 2.34. The molecule has 0 fully saturated rings. The maximum atomic E-state index is 11.8. The zero-order valence-electron chi connectivity index (χ0n) is 11.0. The van der Waals surface area contributed by atoms with Crippen molar-refractivity contribution >= 4 is 11.9 Å². The summed E-state index contributed by atoms with van der Waals surface area (Å²) in [6.07, 6.45) is 0.820. The number of urea groups is 1. The molecule has 1 atom stereocenters. The van der Waals surface area contributed by atoms with Crippen LogP contribution in [0.1, 0.15) is 24.9 Å². The number of nitrogens with zero attached hydrogens (tertiary/aromatic N) is 2. The van der Waals surface area contributed by atoms with Gasteiger partial charge in [-0.1, -0.05) is 13.0 Å². The third-order valence-electron chi connectivity index (χ3n) is 3.05. The number of benzene rings is 1. The first-order chi connectivity index (χ1) is 9.08. The highest BCUT2D eigenvalue weighted by Crippen LogP contribution is 2.33. The van der Waals surface area contributed by atoms with Crippen molar-refractivity contribution in [2.24, 2.45) is 10.7 Å². The lowest BCUT2D eigenvalue weighted by Gasteiger charge is -2.24. The number of amides is 2. The Hall–Kier alpha value is -2.24. The fraction of sp³-hybridized carbons (Fsp3) is 0.385. The van der Waals surface area contributed by atoms with Crippen LogP contribution in [-0.2, 0) is 0 Å². The summed E-state index contributed by atoms with van der Waals surface area (Å²) in [6, 6.07) is 4.20. The van der Waals surface area contributed by atoms with Crippen LogP contribution < -0.4 is 10.5 Å². The van der Waals surface area contributed by atoms with Crippen molar-refractivity contribution in [2.45, 2.75) is 19.4 Å². The quantitative estimate of drug-likeness (QED) is 0.864. The molecule has 6 heteroatoms. The number of amidine groups is 1. The van der Waals surface area contributed by atoms with E-state index in [4.69, 9.17) is 10.5 Å². The van der Waals surface area contributed by atoms with Gasteiger partial charge in [0.05, 0.1) is 7.11 Å². The summed E-state index contributed by atoms with van der Waals surface area (Å²) in [5.74, 6) is 0.667. The Kier molecular flexibility index (Phi) is 3.59. The third-order valence-corrected chi connectivity index (χ3v) is 3.05. The van der Waals surface area contributed by atoms with Gasteiger partial charge in [0.25, 0.3) is 0 Å². The van der Waals surface area contributed by atoms with Crippen LogP contribution in [0.3, 0.4) is 0 Å². The highest BCUT2D eigenvalue weighted by atomic mass is 16.5. The summed E-state index contributed by atoms with van der Waals surface area (Å²) in [5, 5.41) is 9.60. The van der Waals surface area contributed by atoms with E-state index in [-0.39, 0.29) is 23.7 Å². The maximum absolute atomic E-state index is 11.8. The number of ether oxygens (including phenoxy) is 1. The van der Waals surface area contributed by atoms with Gasteiger partial charge in [0, 0.05) is 6.54 Å². The summed E-state index contributed by atoms with van der Waals surface area (Å²) >= 11 is 0. The molecule has 0 radical (unpaired) electrons. The molecule has 0 aliphatic carbocycles. The minimum absolute atomic E-state index is 0.0492. The Morgan fingerprint density at radius 3 is 2.89 bits per heavy atom. The number of phenols is 1. The summed E-state index contributed by atoms with van der Waals surface area (Å²) in [5.41, 5.74) is 6.61. The molecule has 1 unspecified atom stereocenters. The van der Waals surface area contributed by atoms with Crippen LogP contribution in [0.15, 0.2) is 23.2 Å². The molecule has 6 nitrogen and oxygen atoms in total. The van der Waals surface area contributed by atoms with Gasteiger partial charge in [-0.25, -0.2) is 4.79 Å². The molecule has 1 aromatic rings. The molecule has 0 spiro atoms. The van der Waals surface area contributed by atoms with Gasteiger partial charge in [-0.15, -0.1) is 0 Å². The topological polar surface area (TPSA) is 88.2 Å². The first-order valence-corrected chi connectivity index (χ1v) is 6.10. The van der Waals surface area contributed by atoms with E-state index in [2.05, 4.69) is 4.99 Å². The number of aliphatic imine (C=N–C) groups is 1. The Morgan fingerprint density at radius 2 is 2.26 bits per heavy atom. The molecule has 102 valence electrons. The molecule has 3 N–H and O–H groups in total. The van der Waals surface area contributed by atoms with Gasteiger partial charge >= 0.3 is 6.03 Å². The van der Waals surface area contributed by atoms with Gasteiger partial charge in [0.15, 0.2) is 11.5 Å². The zero-order valence-corrected chi connectivity index (χ0v) is 11.0. The number of carbonyl (C=O) groups excluding carboxylic acids is 1. The fourth-order valence-corrected chi connectivity index (χ4v) is 2.19. The third kappa shape index (κ3) is 2.33. The second-order valence-corrected chi connectivity index (χ2v) is 4.35. The van der Waals surface area contributed by atoms with Crippen LogP contribution >= 0.6 is 0 Å². The minimum atomic E-state index is -0.387. The summed E-state index contributed by atoms with van der Waals surface area (Å²) in [4.78, 5) is 17.2. The second kappa shape index (κ2) is 5.17. The van der Waals surface area contributed by atoms with Crippen molar-refractivity contribution in [2.75, 3.05) is 13.7 Å². The van der Waals surface area contributed by atoms with Crippen LogP contribution in [-0.4, -0.2) is 35.5 Å². The smallest absolute Gasteiger partial charge is 0.346 e. The molecular weight excluding hydrogens is 246 g/mol. The summed E-state index contributed by atoms with van der Waals surface area (Å²) in [6.45, 7) is 2.56. The lowest BCUT2D eigenvalue weighted by molar-refractivity contribution is 0.206. The molecule has 19 heavy (non-hydrogen) atoms. The number of aromatic hydroxyl groups is 1. The zero-order chi connectivity index (χ0) is 14.0. The van der Waals surface area contributed by atoms with Crippen LogP contribution in [0, 0.1) is 0 Å². The Balaban J connectivity index is 2.38. The van der Waals surface area contributed by atoms with Crippen molar-refractivity contribution in [1.82, 2.24) is 4.90 Å². The van der Waals surface area contributed by atoms with E-state index in [0.717, 1.165) is 12.0 Å². The van der Waals surface area contributed by atoms with Crippen LogP contribution in [0.5, 0.6) is 11.5 Å². The highest BCUT2D eigenvalue weighted by molar-refractivity contribution is 6.03. The van der Waals surface area contributed by atoms with E-state index in [1.165, 1.54) is 13.2 Å². The molecule has 0 saturated carbocycles. The molecule has 0 saturated heterocycles. The maximum Gasteiger partial charge on any atom is 0.346 e. The number of rotatable bonds is 4. The van der Waals surface area contributed by atoms with Crippen LogP contribution in [0.25, 0.3) is 0 Å². The van der Waals surface area contributed by atoms with E-state index >= 15 is 0 Å². The van der Waals surface area contributed by atoms with Gasteiger partial charge in [0.1, 0.15) is 11.9 Å². The number of hydrogen-bond donors (Lipinski definition) is 2. The molecule has 1 aromatic carbocycles. The van der Waals surface area contributed by atoms with E-state index in [9.17, 15) is 9.90 Å². The molecule has 0 bridgehead atoms. The van der Waals surface area contributed by atoms with Gasteiger partial charge in [-0.3, -0.25) is 0 Å². The predicted octanol–water partition coefficient (Wildman–Crippen LogP) is 1.64. The summed E-state index contributed by atoms with van der Waals surface area (Å²) < 4.78 is 5.07. The van der Waals surface area contributed by atoms with E-state index in [0.29, 0.717) is 12.3 Å². The fourth-order valence-electron chi connectivity index (χ4n) is 2.19.